The number of hydrogen-bond donors (Lipinski definition) is 3. The molecule has 0 aliphatic rings. The normalized spacial score (nSPS) is 13.6. The van der Waals surface area contributed by atoms with Gasteiger partial charge in [0.05, 0.1) is 11.9 Å². The SMILES string of the molecule is CC(C)(CC(=O)O)CC(N)c1ccc2[nH]c(=O)oc2c1. The van der Waals surface area contributed by atoms with Crippen molar-refractivity contribution in [2.24, 2.45) is 11.1 Å². The Morgan fingerprint density at radius 2 is 2.20 bits per heavy atom. The smallest absolute Gasteiger partial charge is 0.417 e. The van der Waals surface area contributed by atoms with Crippen LogP contribution in [0.4, 0.5) is 0 Å². The predicted octanol–water partition coefficient (Wildman–Crippen LogP) is 2.01. The average Bonchev–Trinajstić information content (AvgIpc) is 2.64. The molecule has 1 aromatic carbocycles. The number of benzene rings is 1. The summed E-state index contributed by atoms with van der Waals surface area (Å²) >= 11 is 0. The van der Waals surface area contributed by atoms with Crippen LogP contribution >= 0.6 is 0 Å². The van der Waals surface area contributed by atoms with Gasteiger partial charge in [-0.1, -0.05) is 19.9 Å². The molecular weight excluding hydrogens is 260 g/mol. The Bertz CT molecular complexity index is 684. The summed E-state index contributed by atoms with van der Waals surface area (Å²) in [6.07, 6.45) is 0.585. The number of carboxylic acid groups (broad SMARTS) is 1. The first-order valence-corrected chi connectivity index (χ1v) is 6.37. The monoisotopic (exact) mass is 278 g/mol. The largest absolute Gasteiger partial charge is 0.481 e. The summed E-state index contributed by atoms with van der Waals surface area (Å²) in [5.41, 5.74) is 7.62. The van der Waals surface area contributed by atoms with E-state index < -0.39 is 17.1 Å². The second-order valence-electron chi connectivity index (χ2n) is 5.82. The third kappa shape index (κ3) is 3.27. The van der Waals surface area contributed by atoms with E-state index in [1.54, 1.807) is 12.1 Å². The fourth-order valence-electron chi connectivity index (χ4n) is 2.39. The lowest BCUT2D eigenvalue weighted by molar-refractivity contribution is -0.139. The van der Waals surface area contributed by atoms with E-state index in [0.717, 1.165) is 5.56 Å². The van der Waals surface area contributed by atoms with E-state index >= 15 is 0 Å². The summed E-state index contributed by atoms with van der Waals surface area (Å²) in [5.74, 6) is -1.34. The number of rotatable bonds is 5. The minimum Gasteiger partial charge on any atom is -0.481 e. The summed E-state index contributed by atoms with van der Waals surface area (Å²) in [7, 11) is 0. The highest BCUT2D eigenvalue weighted by atomic mass is 16.4. The molecule has 2 aromatic rings. The van der Waals surface area contributed by atoms with Crippen molar-refractivity contribution < 1.29 is 14.3 Å². The Hall–Kier alpha value is -2.08. The summed E-state index contributed by atoms with van der Waals surface area (Å²) in [5, 5.41) is 8.88. The van der Waals surface area contributed by atoms with E-state index in [1.165, 1.54) is 0 Å². The van der Waals surface area contributed by atoms with E-state index in [1.807, 2.05) is 19.9 Å². The number of fused-ring (bicyclic) bond motifs is 1. The van der Waals surface area contributed by atoms with Crippen molar-refractivity contribution in [1.29, 1.82) is 0 Å². The molecule has 4 N–H and O–H groups in total. The summed E-state index contributed by atoms with van der Waals surface area (Å²) < 4.78 is 4.99. The molecule has 0 fully saturated rings. The van der Waals surface area contributed by atoms with Crippen molar-refractivity contribution in [3.8, 4) is 0 Å². The molecule has 0 radical (unpaired) electrons. The molecule has 20 heavy (non-hydrogen) atoms. The molecule has 0 saturated heterocycles. The second-order valence-corrected chi connectivity index (χ2v) is 5.82. The van der Waals surface area contributed by atoms with Crippen LogP contribution in [0.2, 0.25) is 0 Å². The number of nitrogens with one attached hydrogen (secondary N) is 1. The van der Waals surface area contributed by atoms with Gasteiger partial charge in [-0.15, -0.1) is 0 Å². The quantitative estimate of drug-likeness (QED) is 0.775. The van der Waals surface area contributed by atoms with Crippen LogP contribution in [0.5, 0.6) is 0 Å². The van der Waals surface area contributed by atoms with Crippen LogP contribution < -0.4 is 11.5 Å². The number of oxazole rings is 1. The highest BCUT2D eigenvalue weighted by Gasteiger charge is 2.25. The number of aliphatic carboxylic acids is 1. The average molecular weight is 278 g/mol. The highest BCUT2D eigenvalue weighted by molar-refractivity contribution is 5.73. The van der Waals surface area contributed by atoms with Crippen LogP contribution in [-0.2, 0) is 4.79 Å². The Labute approximate surface area is 115 Å². The van der Waals surface area contributed by atoms with Crippen LogP contribution in [0.25, 0.3) is 11.1 Å². The van der Waals surface area contributed by atoms with Crippen molar-refractivity contribution in [1.82, 2.24) is 4.98 Å². The molecule has 1 atom stereocenters. The van der Waals surface area contributed by atoms with Gasteiger partial charge in [-0.25, -0.2) is 4.79 Å². The molecule has 2 rings (SSSR count). The Kier molecular flexibility index (Phi) is 3.67. The molecule has 1 aromatic heterocycles. The molecule has 0 saturated carbocycles. The predicted molar refractivity (Wildman–Crippen MR) is 74.4 cm³/mol. The molecule has 1 heterocycles. The number of carbonyl (C=O) groups is 1. The second kappa shape index (κ2) is 5.13. The Balaban J connectivity index is 2.20. The zero-order chi connectivity index (χ0) is 14.9. The number of carboxylic acids is 1. The molecule has 0 aliphatic carbocycles. The molecule has 6 heteroatoms. The lowest BCUT2D eigenvalue weighted by Crippen LogP contribution is -2.24. The molecule has 0 amide bonds. The molecule has 108 valence electrons. The van der Waals surface area contributed by atoms with Gasteiger partial charge in [0.25, 0.3) is 0 Å². The van der Waals surface area contributed by atoms with Crippen molar-refractivity contribution in [2.75, 3.05) is 0 Å². The van der Waals surface area contributed by atoms with Gasteiger partial charge >= 0.3 is 11.7 Å². The molecular formula is C14H18N2O4. The maximum absolute atomic E-state index is 11.1. The van der Waals surface area contributed by atoms with Crippen LogP contribution in [0.3, 0.4) is 0 Å². The van der Waals surface area contributed by atoms with Crippen molar-refractivity contribution >= 4 is 17.1 Å². The fourth-order valence-corrected chi connectivity index (χ4v) is 2.39. The zero-order valence-corrected chi connectivity index (χ0v) is 11.5. The Morgan fingerprint density at radius 3 is 2.85 bits per heavy atom. The molecule has 0 spiro atoms. The van der Waals surface area contributed by atoms with Gasteiger partial charge in [-0.3, -0.25) is 9.78 Å². The number of aromatic nitrogens is 1. The molecule has 0 bridgehead atoms. The topological polar surface area (TPSA) is 109 Å². The van der Waals surface area contributed by atoms with E-state index in [4.69, 9.17) is 15.3 Å². The van der Waals surface area contributed by atoms with Gasteiger partial charge in [-0.2, -0.15) is 0 Å². The first-order valence-electron chi connectivity index (χ1n) is 6.37. The number of nitrogens with two attached hydrogens (primary N) is 1. The van der Waals surface area contributed by atoms with E-state index in [9.17, 15) is 9.59 Å². The maximum atomic E-state index is 11.1. The number of H-pyrrole nitrogens is 1. The first kappa shape index (κ1) is 14.3. The highest BCUT2D eigenvalue weighted by Crippen LogP contribution is 2.32. The summed E-state index contributed by atoms with van der Waals surface area (Å²) in [6, 6.07) is 4.96. The Morgan fingerprint density at radius 1 is 1.50 bits per heavy atom. The van der Waals surface area contributed by atoms with E-state index in [-0.39, 0.29) is 12.5 Å². The van der Waals surface area contributed by atoms with Gasteiger partial charge < -0.3 is 15.3 Å². The summed E-state index contributed by atoms with van der Waals surface area (Å²) in [4.78, 5) is 24.5. The van der Waals surface area contributed by atoms with Crippen molar-refractivity contribution in [3.63, 3.8) is 0 Å². The van der Waals surface area contributed by atoms with Crippen LogP contribution in [0.1, 0.15) is 38.3 Å². The maximum Gasteiger partial charge on any atom is 0.417 e. The van der Waals surface area contributed by atoms with Gasteiger partial charge in [0.1, 0.15) is 0 Å². The van der Waals surface area contributed by atoms with Gasteiger partial charge in [0.15, 0.2) is 5.58 Å². The fraction of sp³-hybridized carbons (Fsp3) is 0.429. The first-order chi connectivity index (χ1) is 9.27. The van der Waals surface area contributed by atoms with Crippen molar-refractivity contribution in [3.05, 3.63) is 34.3 Å². The molecule has 1 unspecified atom stereocenters. The standard InChI is InChI=1S/C14H18N2O4/c1-14(2,7-12(17)18)6-9(15)8-3-4-10-11(5-8)20-13(19)16-10/h3-5,9H,6-7,15H2,1-2H3,(H,16,19)(H,17,18). The van der Waals surface area contributed by atoms with Crippen molar-refractivity contribution in [2.45, 2.75) is 32.7 Å². The van der Waals surface area contributed by atoms with Crippen LogP contribution in [0.15, 0.2) is 27.4 Å². The van der Waals surface area contributed by atoms with E-state index in [0.29, 0.717) is 17.5 Å². The molecule has 0 aliphatic heterocycles. The minimum absolute atomic E-state index is 0.0577. The molecule has 6 nitrogen and oxygen atoms in total. The third-order valence-electron chi connectivity index (χ3n) is 3.28. The van der Waals surface area contributed by atoms with Gasteiger partial charge in [0, 0.05) is 6.04 Å². The lowest BCUT2D eigenvalue weighted by atomic mass is 9.81. The van der Waals surface area contributed by atoms with E-state index in [2.05, 4.69) is 4.98 Å². The van der Waals surface area contributed by atoms with Crippen LogP contribution in [-0.4, -0.2) is 16.1 Å². The zero-order valence-electron chi connectivity index (χ0n) is 11.5. The minimum atomic E-state index is -0.839. The number of hydrogen-bond acceptors (Lipinski definition) is 4. The van der Waals surface area contributed by atoms with Crippen LogP contribution in [0, 0.1) is 5.41 Å². The summed E-state index contributed by atoms with van der Waals surface area (Å²) in [6.45, 7) is 3.74. The lowest BCUT2D eigenvalue weighted by Gasteiger charge is -2.26. The van der Waals surface area contributed by atoms with Gasteiger partial charge in [-0.05, 0) is 29.5 Å². The van der Waals surface area contributed by atoms with Gasteiger partial charge in [0.2, 0.25) is 0 Å². The third-order valence-corrected chi connectivity index (χ3v) is 3.28. The number of aromatic amines is 1.